The fourth-order valence-corrected chi connectivity index (χ4v) is 3.30. The van der Waals surface area contributed by atoms with Gasteiger partial charge in [-0.1, -0.05) is 42.5 Å². The molecule has 0 saturated heterocycles. The minimum atomic E-state index is 0.662. The largest absolute Gasteiger partial charge is 0.390 e. The molecule has 0 saturated carbocycles. The van der Waals surface area contributed by atoms with Crippen LogP contribution in [0.4, 0.5) is 0 Å². The summed E-state index contributed by atoms with van der Waals surface area (Å²) in [6.07, 6.45) is 20.6. The third-order valence-corrected chi connectivity index (χ3v) is 4.50. The van der Waals surface area contributed by atoms with Gasteiger partial charge in [-0.2, -0.15) is 0 Å². The molecule has 3 aliphatic carbocycles. The SMILES string of the molecule is CNC1=C(NCC2=CCCC=C2)CC2C=CC=CC2C1. The summed E-state index contributed by atoms with van der Waals surface area (Å²) in [5.74, 6) is 1.33. The molecule has 0 radical (unpaired) electrons. The van der Waals surface area contributed by atoms with Crippen molar-refractivity contribution >= 4 is 0 Å². The molecule has 20 heavy (non-hydrogen) atoms. The predicted octanol–water partition coefficient (Wildman–Crippen LogP) is 3.44. The van der Waals surface area contributed by atoms with Crippen LogP contribution in [0.5, 0.6) is 0 Å². The molecule has 106 valence electrons. The lowest BCUT2D eigenvalue weighted by molar-refractivity contribution is 0.409. The van der Waals surface area contributed by atoms with E-state index in [1.165, 1.54) is 29.8 Å². The van der Waals surface area contributed by atoms with Gasteiger partial charge in [0, 0.05) is 25.0 Å². The molecule has 2 N–H and O–H groups in total. The third-order valence-electron chi connectivity index (χ3n) is 4.50. The van der Waals surface area contributed by atoms with Crippen molar-refractivity contribution in [3.8, 4) is 0 Å². The van der Waals surface area contributed by atoms with Crippen LogP contribution < -0.4 is 10.6 Å². The van der Waals surface area contributed by atoms with Crippen molar-refractivity contribution in [1.29, 1.82) is 0 Å². The van der Waals surface area contributed by atoms with Gasteiger partial charge in [0.1, 0.15) is 0 Å². The minimum Gasteiger partial charge on any atom is -0.390 e. The lowest BCUT2D eigenvalue weighted by Crippen LogP contribution is -2.31. The van der Waals surface area contributed by atoms with Crippen molar-refractivity contribution in [3.05, 3.63) is 59.5 Å². The number of rotatable bonds is 4. The molecule has 2 unspecified atom stereocenters. The Labute approximate surface area is 122 Å². The highest BCUT2D eigenvalue weighted by Gasteiger charge is 2.27. The van der Waals surface area contributed by atoms with E-state index in [0.717, 1.165) is 19.4 Å². The quantitative estimate of drug-likeness (QED) is 0.816. The Hall–Kier alpha value is -1.70. The zero-order valence-electron chi connectivity index (χ0n) is 12.2. The fraction of sp³-hybridized carbons (Fsp3) is 0.444. The van der Waals surface area contributed by atoms with E-state index in [1.807, 2.05) is 7.05 Å². The molecular weight excluding hydrogens is 244 g/mol. The third kappa shape index (κ3) is 2.90. The number of allylic oxidation sites excluding steroid dienone is 8. The van der Waals surface area contributed by atoms with E-state index in [0.29, 0.717) is 11.8 Å². The molecule has 0 spiro atoms. The zero-order valence-corrected chi connectivity index (χ0v) is 12.2. The maximum absolute atomic E-state index is 3.66. The van der Waals surface area contributed by atoms with Gasteiger partial charge in [0.15, 0.2) is 0 Å². The molecule has 0 fully saturated rings. The van der Waals surface area contributed by atoms with E-state index in [-0.39, 0.29) is 0 Å². The number of nitrogens with one attached hydrogen (secondary N) is 2. The molecule has 0 bridgehead atoms. The summed E-state index contributed by atoms with van der Waals surface area (Å²) in [4.78, 5) is 0. The van der Waals surface area contributed by atoms with Crippen LogP contribution in [0.2, 0.25) is 0 Å². The Morgan fingerprint density at radius 1 is 1.05 bits per heavy atom. The molecule has 2 atom stereocenters. The van der Waals surface area contributed by atoms with Crippen LogP contribution in [-0.2, 0) is 0 Å². The first-order chi connectivity index (χ1) is 9.86. The predicted molar refractivity (Wildman–Crippen MR) is 85.0 cm³/mol. The zero-order chi connectivity index (χ0) is 13.8. The van der Waals surface area contributed by atoms with Crippen molar-refractivity contribution in [2.75, 3.05) is 13.6 Å². The summed E-state index contributed by atoms with van der Waals surface area (Å²) >= 11 is 0. The lowest BCUT2D eigenvalue weighted by atomic mass is 9.77. The van der Waals surface area contributed by atoms with Crippen LogP contribution >= 0.6 is 0 Å². The lowest BCUT2D eigenvalue weighted by Gasteiger charge is -2.33. The Morgan fingerprint density at radius 2 is 1.80 bits per heavy atom. The second-order valence-electron chi connectivity index (χ2n) is 5.83. The highest BCUT2D eigenvalue weighted by Crippen LogP contribution is 2.35. The van der Waals surface area contributed by atoms with Crippen molar-refractivity contribution in [2.45, 2.75) is 25.7 Å². The molecule has 2 heteroatoms. The number of fused-ring (bicyclic) bond motifs is 1. The summed E-state index contributed by atoms with van der Waals surface area (Å²) in [5.41, 5.74) is 4.19. The molecule has 0 aromatic carbocycles. The minimum absolute atomic E-state index is 0.662. The summed E-state index contributed by atoms with van der Waals surface area (Å²) in [5, 5.41) is 7.06. The van der Waals surface area contributed by atoms with Crippen LogP contribution in [0, 0.1) is 11.8 Å². The number of hydrogen-bond donors (Lipinski definition) is 2. The summed E-state index contributed by atoms with van der Waals surface area (Å²) in [6, 6.07) is 0. The molecular formula is C18H24N2. The molecule has 0 aromatic heterocycles. The summed E-state index contributed by atoms with van der Waals surface area (Å²) in [7, 11) is 2.04. The van der Waals surface area contributed by atoms with Crippen molar-refractivity contribution < 1.29 is 0 Å². The van der Waals surface area contributed by atoms with E-state index in [4.69, 9.17) is 0 Å². The Kier molecular flexibility index (Phi) is 4.10. The molecule has 0 aliphatic heterocycles. The monoisotopic (exact) mass is 268 g/mol. The van der Waals surface area contributed by atoms with Crippen molar-refractivity contribution in [1.82, 2.24) is 10.6 Å². The van der Waals surface area contributed by atoms with Gasteiger partial charge in [-0.15, -0.1) is 0 Å². The number of hydrogen-bond acceptors (Lipinski definition) is 2. The van der Waals surface area contributed by atoms with E-state index >= 15 is 0 Å². The average molecular weight is 268 g/mol. The van der Waals surface area contributed by atoms with Gasteiger partial charge < -0.3 is 10.6 Å². The summed E-state index contributed by atoms with van der Waals surface area (Å²) in [6.45, 7) is 0.952. The maximum atomic E-state index is 3.66. The van der Waals surface area contributed by atoms with Gasteiger partial charge in [-0.05, 0) is 43.1 Å². The van der Waals surface area contributed by atoms with Gasteiger partial charge >= 0.3 is 0 Å². The van der Waals surface area contributed by atoms with E-state index in [9.17, 15) is 0 Å². The maximum Gasteiger partial charge on any atom is 0.0395 e. The van der Waals surface area contributed by atoms with Crippen molar-refractivity contribution in [2.24, 2.45) is 11.8 Å². The van der Waals surface area contributed by atoms with Crippen LogP contribution in [0.15, 0.2) is 59.5 Å². The first-order valence-electron chi connectivity index (χ1n) is 7.71. The molecule has 3 aliphatic rings. The van der Waals surface area contributed by atoms with E-state index in [1.54, 1.807) is 0 Å². The van der Waals surface area contributed by atoms with E-state index in [2.05, 4.69) is 53.2 Å². The van der Waals surface area contributed by atoms with Gasteiger partial charge in [0.2, 0.25) is 0 Å². The highest BCUT2D eigenvalue weighted by atomic mass is 14.9. The van der Waals surface area contributed by atoms with Gasteiger partial charge in [-0.25, -0.2) is 0 Å². The van der Waals surface area contributed by atoms with E-state index < -0.39 is 0 Å². The van der Waals surface area contributed by atoms with Crippen LogP contribution in [0.25, 0.3) is 0 Å². The molecule has 0 heterocycles. The normalized spacial score (nSPS) is 28.1. The van der Waals surface area contributed by atoms with Gasteiger partial charge in [0.25, 0.3) is 0 Å². The first-order valence-corrected chi connectivity index (χ1v) is 7.71. The second kappa shape index (κ2) is 6.17. The van der Waals surface area contributed by atoms with Crippen LogP contribution in [-0.4, -0.2) is 13.6 Å². The smallest absolute Gasteiger partial charge is 0.0395 e. The first kappa shape index (κ1) is 13.3. The van der Waals surface area contributed by atoms with Gasteiger partial charge in [0.05, 0.1) is 0 Å². The van der Waals surface area contributed by atoms with Crippen LogP contribution in [0.1, 0.15) is 25.7 Å². The van der Waals surface area contributed by atoms with Crippen LogP contribution in [0.3, 0.4) is 0 Å². The molecule has 2 nitrogen and oxygen atoms in total. The molecule has 0 aromatic rings. The van der Waals surface area contributed by atoms with Gasteiger partial charge in [-0.3, -0.25) is 0 Å². The Balaban J connectivity index is 1.68. The Bertz CT molecular complexity index is 506. The van der Waals surface area contributed by atoms with Crippen molar-refractivity contribution in [3.63, 3.8) is 0 Å². The topological polar surface area (TPSA) is 24.1 Å². The summed E-state index contributed by atoms with van der Waals surface area (Å²) < 4.78 is 0. The average Bonchev–Trinajstić information content (AvgIpc) is 2.53. The molecule has 0 amide bonds. The fourth-order valence-electron chi connectivity index (χ4n) is 3.30. The standard InChI is InChI=1S/C18H24N2/c1-19-17-11-15-9-5-6-10-16(15)12-18(17)20-13-14-7-3-2-4-8-14/h3,5-10,15-16,19-20H,2,4,11-13H2,1H3. The molecule has 3 rings (SSSR count). The highest BCUT2D eigenvalue weighted by molar-refractivity contribution is 5.28. The Morgan fingerprint density at radius 3 is 2.45 bits per heavy atom. The second-order valence-corrected chi connectivity index (χ2v) is 5.83.